The van der Waals surface area contributed by atoms with E-state index >= 15 is 0 Å². The van der Waals surface area contributed by atoms with Crippen LogP contribution in [0.4, 0.5) is 9.18 Å². The number of alkyl carbamates (subject to hydrolysis) is 1. The van der Waals surface area contributed by atoms with E-state index in [0.717, 1.165) is 0 Å². The zero-order valence-electron chi connectivity index (χ0n) is 14.9. The minimum absolute atomic E-state index is 0.00618. The second kappa shape index (κ2) is 8.18. The molecule has 0 saturated carbocycles. The maximum absolute atomic E-state index is 12.9. The van der Waals surface area contributed by atoms with Crippen LogP contribution >= 0.6 is 0 Å². The SMILES string of the molecule is CC(C)(C)OC(=O)NCC(=O)N1CCC(Oc2ccc(F)cc2)CC1. The van der Waals surface area contributed by atoms with E-state index in [2.05, 4.69) is 5.32 Å². The molecule has 2 rings (SSSR count). The van der Waals surface area contributed by atoms with Gasteiger partial charge in [-0.25, -0.2) is 9.18 Å². The summed E-state index contributed by atoms with van der Waals surface area (Å²) in [6, 6.07) is 5.90. The van der Waals surface area contributed by atoms with Gasteiger partial charge in [0.05, 0.1) is 0 Å². The first-order valence-electron chi connectivity index (χ1n) is 8.40. The Balaban J connectivity index is 1.71. The van der Waals surface area contributed by atoms with Crippen molar-refractivity contribution >= 4 is 12.0 Å². The van der Waals surface area contributed by atoms with Crippen molar-refractivity contribution in [3.63, 3.8) is 0 Å². The Morgan fingerprint density at radius 2 is 1.80 bits per heavy atom. The van der Waals surface area contributed by atoms with Gasteiger partial charge in [0.2, 0.25) is 5.91 Å². The summed E-state index contributed by atoms with van der Waals surface area (Å²) in [6.45, 7) is 6.32. The molecule has 0 unspecified atom stereocenters. The molecule has 1 saturated heterocycles. The van der Waals surface area contributed by atoms with Crippen LogP contribution in [0.3, 0.4) is 0 Å². The topological polar surface area (TPSA) is 67.9 Å². The Bertz CT molecular complexity index is 590. The number of hydrogen-bond acceptors (Lipinski definition) is 4. The highest BCUT2D eigenvalue weighted by atomic mass is 19.1. The molecule has 0 spiro atoms. The van der Waals surface area contributed by atoms with E-state index in [1.54, 1.807) is 37.8 Å². The summed E-state index contributed by atoms with van der Waals surface area (Å²) < 4.78 is 23.8. The zero-order chi connectivity index (χ0) is 18.4. The van der Waals surface area contributed by atoms with Gasteiger partial charge in [-0.15, -0.1) is 0 Å². The van der Waals surface area contributed by atoms with Gasteiger partial charge in [0.25, 0.3) is 0 Å². The molecule has 138 valence electrons. The number of halogens is 1. The van der Waals surface area contributed by atoms with E-state index in [-0.39, 0.29) is 24.4 Å². The number of piperidine rings is 1. The number of nitrogens with zero attached hydrogens (tertiary/aromatic N) is 1. The maximum Gasteiger partial charge on any atom is 0.408 e. The molecule has 0 radical (unpaired) electrons. The highest BCUT2D eigenvalue weighted by molar-refractivity contribution is 5.82. The highest BCUT2D eigenvalue weighted by Gasteiger charge is 2.24. The van der Waals surface area contributed by atoms with E-state index in [9.17, 15) is 14.0 Å². The van der Waals surface area contributed by atoms with Crippen LogP contribution in [0.2, 0.25) is 0 Å². The molecular formula is C18H25FN2O4. The van der Waals surface area contributed by atoms with Crippen LogP contribution in [0, 0.1) is 5.82 Å². The van der Waals surface area contributed by atoms with Crippen molar-refractivity contribution in [3.05, 3.63) is 30.1 Å². The van der Waals surface area contributed by atoms with E-state index in [0.29, 0.717) is 31.7 Å². The molecule has 0 aliphatic carbocycles. The van der Waals surface area contributed by atoms with Crippen molar-refractivity contribution < 1.29 is 23.5 Å². The number of nitrogens with one attached hydrogen (secondary N) is 1. The normalized spacial score (nSPS) is 15.6. The predicted octanol–water partition coefficient (Wildman–Crippen LogP) is 2.72. The summed E-state index contributed by atoms with van der Waals surface area (Å²) in [7, 11) is 0. The molecule has 1 aliphatic heterocycles. The van der Waals surface area contributed by atoms with E-state index in [4.69, 9.17) is 9.47 Å². The van der Waals surface area contributed by atoms with Gasteiger partial charge in [-0.1, -0.05) is 0 Å². The number of carbonyl (C=O) groups excluding carboxylic acids is 2. The minimum atomic E-state index is -0.602. The molecule has 1 aromatic carbocycles. The van der Waals surface area contributed by atoms with Gasteiger partial charge in [0.15, 0.2) is 0 Å². The molecule has 0 bridgehead atoms. The van der Waals surface area contributed by atoms with Gasteiger partial charge < -0.3 is 19.7 Å². The molecule has 7 heteroatoms. The third-order valence-electron chi connectivity index (χ3n) is 3.69. The number of ether oxygens (including phenoxy) is 2. The standard InChI is InChI=1S/C18H25FN2O4/c1-18(2,3)25-17(23)20-12-16(22)21-10-8-15(9-11-21)24-14-6-4-13(19)5-7-14/h4-7,15H,8-12H2,1-3H3,(H,20,23). The summed E-state index contributed by atoms with van der Waals surface area (Å²) in [5, 5.41) is 2.47. The summed E-state index contributed by atoms with van der Waals surface area (Å²) in [4.78, 5) is 25.4. The first-order chi connectivity index (χ1) is 11.7. The van der Waals surface area contributed by atoms with Gasteiger partial charge in [0.1, 0.15) is 29.8 Å². The fraction of sp³-hybridized carbons (Fsp3) is 0.556. The average Bonchev–Trinajstić information content (AvgIpc) is 2.54. The first-order valence-corrected chi connectivity index (χ1v) is 8.40. The Morgan fingerprint density at radius 3 is 2.36 bits per heavy atom. The Kier molecular flexibility index (Phi) is 6.22. The lowest BCUT2D eigenvalue weighted by Gasteiger charge is -2.32. The van der Waals surface area contributed by atoms with Gasteiger partial charge >= 0.3 is 6.09 Å². The lowest BCUT2D eigenvalue weighted by atomic mass is 10.1. The Hall–Kier alpha value is -2.31. The molecule has 25 heavy (non-hydrogen) atoms. The van der Waals surface area contributed by atoms with Crippen LogP contribution in [-0.2, 0) is 9.53 Å². The predicted molar refractivity (Wildman–Crippen MR) is 90.9 cm³/mol. The number of carbonyl (C=O) groups is 2. The quantitative estimate of drug-likeness (QED) is 0.905. The summed E-state index contributed by atoms with van der Waals surface area (Å²) in [6.07, 6.45) is 0.772. The number of likely N-dealkylation sites (tertiary alicyclic amines) is 1. The van der Waals surface area contributed by atoms with Crippen molar-refractivity contribution in [1.29, 1.82) is 0 Å². The first kappa shape index (κ1) is 19.0. The van der Waals surface area contributed by atoms with E-state index in [1.807, 2.05) is 0 Å². The van der Waals surface area contributed by atoms with Crippen LogP contribution in [-0.4, -0.2) is 48.2 Å². The lowest BCUT2D eigenvalue weighted by Crippen LogP contribution is -2.46. The molecule has 0 aromatic heterocycles. The average molecular weight is 352 g/mol. The van der Waals surface area contributed by atoms with Gasteiger partial charge in [-0.2, -0.15) is 0 Å². The van der Waals surface area contributed by atoms with Crippen molar-refractivity contribution in [1.82, 2.24) is 10.2 Å². The van der Waals surface area contributed by atoms with Crippen LogP contribution in [0.15, 0.2) is 24.3 Å². The van der Waals surface area contributed by atoms with Crippen LogP contribution < -0.4 is 10.1 Å². The molecule has 1 heterocycles. The number of amides is 2. The smallest absolute Gasteiger partial charge is 0.408 e. The fourth-order valence-corrected chi connectivity index (χ4v) is 2.50. The molecule has 1 aromatic rings. The van der Waals surface area contributed by atoms with E-state index in [1.165, 1.54) is 12.1 Å². The van der Waals surface area contributed by atoms with Gasteiger partial charge in [-0.3, -0.25) is 4.79 Å². The number of rotatable bonds is 4. The third-order valence-corrected chi connectivity index (χ3v) is 3.69. The molecular weight excluding hydrogens is 327 g/mol. The summed E-state index contributed by atoms with van der Waals surface area (Å²) >= 11 is 0. The Morgan fingerprint density at radius 1 is 1.20 bits per heavy atom. The van der Waals surface area contributed by atoms with Crippen molar-refractivity contribution in [2.45, 2.75) is 45.3 Å². The summed E-state index contributed by atoms with van der Waals surface area (Å²) in [5.41, 5.74) is -0.594. The number of hydrogen-bond donors (Lipinski definition) is 1. The largest absolute Gasteiger partial charge is 0.490 e. The highest BCUT2D eigenvalue weighted by Crippen LogP contribution is 2.19. The van der Waals surface area contributed by atoms with Crippen LogP contribution in [0.25, 0.3) is 0 Å². The van der Waals surface area contributed by atoms with Crippen LogP contribution in [0.5, 0.6) is 5.75 Å². The summed E-state index contributed by atoms with van der Waals surface area (Å²) in [5.74, 6) is 0.175. The maximum atomic E-state index is 12.9. The Labute approximate surface area is 147 Å². The molecule has 0 atom stereocenters. The second-order valence-electron chi connectivity index (χ2n) is 7.01. The minimum Gasteiger partial charge on any atom is -0.490 e. The monoisotopic (exact) mass is 352 g/mol. The molecule has 6 nitrogen and oxygen atoms in total. The van der Waals surface area contributed by atoms with Crippen molar-refractivity contribution in [2.75, 3.05) is 19.6 Å². The van der Waals surface area contributed by atoms with E-state index < -0.39 is 11.7 Å². The second-order valence-corrected chi connectivity index (χ2v) is 7.01. The van der Waals surface area contributed by atoms with Crippen molar-refractivity contribution in [2.24, 2.45) is 0 Å². The van der Waals surface area contributed by atoms with Gasteiger partial charge in [0, 0.05) is 25.9 Å². The fourth-order valence-electron chi connectivity index (χ4n) is 2.50. The zero-order valence-corrected chi connectivity index (χ0v) is 14.9. The van der Waals surface area contributed by atoms with Crippen molar-refractivity contribution in [3.8, 4) is 5.75 Å². The third kappa shape index (κ3) is 6.60. The molecule has 1 aliphatic rings. The molecule has 1 fully saturated rings. The van der Waals surface area contributed by atoms with Gasteiger partial charge in [-0.05, 0) is 45.0 Å². The van der Waals surface area contributed by atoms with Crippen LogP contribution in [0.1, 0.15) is 33.6 Å². The molecule has 2 amide bonds. The molecule has 1 N–H and O–H groups in total. The number of benzene rings is 1. The lowest BCUT2D eigenvalue weighted by molar-refractivity contribution is -0.132.